The Bertz CT molecular complexity index is 984. The number of likely N-dealkylation sites (N-methyl/N-ethyl adjacent to an activating group) is 1. The first-order valence-corrected chi connectivity index (χ1v) is 12.4. The first kappa shape index (κ1) is 29.4. The predicted molar refractivity (Wildman–Crippen MR) is 134 cm³/mol. The van der Waals surface area contributed by atoms with Gasteiger partial charge < -0.3 is 35.0 Å². The van der Waals surface area contributed by atoms with Crippen LogP contribution in [0.15, 0.2) is 11.8 Å². The van der Waals surface area contributed by atoms with Crippen LogP contribution in [-0.4, -0.2) is 116 Å². The van der Waals surface area contributed by atoms with E-state index in [9.17, 15) is 24.3 Å². The minimum atomic E-state index is -0.999. The third-order valence-corrected chi connectivity index (χ3v) is 6.13. The molecule has 0 spiro atoms. The van der Waals surface area contributed by atoms with Crippen molar-refractivity contribution in [2.24, 2.45) is 0 Å². The van der Waals surface area contributed by atoms with Gasteiger partial charge in [-0.25, -0.2) is 9.78 Å². The van der Waals surface area contributed by atoms with Crippen molar-refractivity contribution in [1.29, 1.82) is 0 Å². The molecule has 0 saturated carbocycles. The Labute approximate surface area is 214 Å². The number of aromatic nitrogens is 1. The van der Waals surface area contributed by atoms with E-state index in [0.717, 1.165) is 11.3 Å². The van der Waals surface area contributed by atoms with E-state index < -0.39 is 23.3 Å². The second kappa shape index (κ2) is 13.4. The molecule has 0 bridgehead atoms. The zero-order valence-electron chi connectivity index (χ0n) is 21.4. The number of carbonyl (C=O) groups excluding carboxylic acids is 3. The molecule has 12 nitrogen and oxygen atoms in total. The van der Waals surface area contributed by atoms with E-state index in [4.69, 9.17) is 9.47 Å². The summed E-state index contributed by atoms with van der Waals surface area (Å²) >= 11 is 0.889. The molecule has 1 aromatic rings. The Kier molecular flexibility index (Phi) is 11.0. The molecule has 0 fully saturated rings. The van der Waals surface area contributed by atoms with Gasteiger partial charge in [0.2, 0.25) is 5.78 Å². The Morgan fingerprint density at radius 3 is 2.33 bits per heavy atom. The molecule has 36 heavy (non-hydrogen) atoms. The highest BCUT2D eigenvalue weighted by Crippen LogP contribution is 2.26. The van der Waals surface area contributed by atoms with E-state index in [1.807, 2.05) is 39.8 Å². The molecule has 200 valence electrons. The molecule has 0 radical (unpaired) electrons. The summed E-state index contributed by atoms with van der Waals surface area (Å²) in [6.45, 7) is 8.11. The smallest absolute Gasteiger partial charge is 0.407 e. The molecular formula is C23H35N5O7S. The number of amides is 2. The molecule has 1 aromatic heterocycles. The number of Topliss-reactive ketones (excluding diaryl/α,β-unsaturated/α-hetero) is 1. The summed E-state index contributed by atoms with van der Waals surface area (Å²) in [6.07, 6.45) is 0.250. The third-order valence-electron chi connectivity index (χ3n) is 5.06. The van der Waals surface area contributed by atoms with Crippen molar-refractivity contribution >= 4 is 34.9 Å². The average Bonchev–Trinajstić information content (AvgIpc) is 3.23. The lowest BCUT2D eigenvalue weighted by Gasteiger charge is -2.32. The molecule has 1 aliphatic carbocycles. The van der Waals surface area contributed by atoms with Gasteiger partial charge in [-0.3, -0.25) is 14.4 Å². The van der Waals surface area contributed by atoms with E-state index in [-0.39, 0.29) is 66.6 Å². The minimum absolute atomic E-state index is 0.00803. The van der Waals surface area contributed by atoms with Gasteiger partial charge in [-0.2, -0.15) is 0 Å². The van der Waals surface area contributed by atoms with Crippen LogP contribution >= 0.6 is 11.3 Å². The maximum atomic E-state index is 12.7. The normalized spacial score (nSPS) is 13.4. The van der Waals surface area contributed by atoms with E-state index in [1.54, 1.807) is 0 Å². The fraction of sp³-hybridized carbons (Fsp3) is 0.609. The first-order chi connectivity index (χ1) is 16.9. The Morgan fingerprint density at radius 2 is 1.72 bits per heavy atom. The van der Waals surface area contributed by atoms with Crippen LogP contribution in [0.3, 0.4) is 0 Å². The second-order valence-electron chi connectivity index (χ2n) is 9.26. The lowest BCUT2D eigenvalue weighted by Crippen LogP contribution is -2.46. The number of nitrogens with zero attached hydrogens (tertiary/aromatic N) is 3. The molecule has 2 rings (SSSR count). The summed E-state index contributed by atoms with van der Waals surface area (Å²) in [6, 6.07) is 0. The Morgan fingerprint density at radius 1 is 1.06 bits per heavy atom. The number of thiazole rings is 1. The molecule has 0 aliphatic heterocycles. The Hall–Kier alpha value is -2.87. The van der Waals surface area contributed by atoms with Gasteiger partial charge in [0.1, 0.15) is 10.6 Å². The second-order valence-corrected chi connectivity index (χ2v) is 10.3. The van der Waals surface area contributed by atoms with Crippen LogP contribution in [0.5, 0.6) is 0 Å². The number of rotatable bonds is 14. The van der Waals surface area contributed by atoms with Crippen molar-refractivity contribution in [3.05, 3.63) is 27.4 Å². The predicted octanol–water partition coefficient (Wildman–Crippen LogP) is 1.10. The van der Waals surface area contributed by atoms with E-state index in [2.05, 4.69) is 15.6 Å². The molecular weight excluding hydrogens is 490 g/mol. The van der Waals surface area contributed by atoms with Crippen molar-refractivity contribution in [1.82, 2.24) is 25.4 Å². The van der Waals surface area contributed by atoms with Gasteiger partial charge in [0, 0.05) is 37.8 Å². The van der Waals surface area contributed by atoms with Gasteiger partial charge in [-0.05, 0) is 34.9 Å². The highest BCUT2D eigenvalue weighted by Gasteiger charge is 2.31. The highest BCUT2D eigenvalue weighted by atomic mass is 32.1. The lowest BCUT2D eigenvalue weighted by atomic mass is 10.0. The zero-order valence-corrected chi connectivity index (χ0v) is 22.2. The van der Waals surface area contributed by atoms with Crippen LogP contribution in [0.2, 0.25) is 0 Å². The number of allylic oxidation sites excluding steroid dienone is 2. The monoisotopic (exact) mass is 525 g/mol. The summed E-state index contributed by atoms with van der Waals surface area (Å²) in [7, 11) is 3.80. The molecule has 0 saturated heterocycles. The van der Waals surface area contributed by atoms with Gasteiger partial charge >= 0.3 is 6.09 Å². The van der Waals surface area contributed by atoms with Gasteiger partial charge in [0.15, 0.2) is 10.8 Å². The van der Waals surface area contributed by atoms with Gasteiger partial charge in [-0.1, -0.05) is 0 Å². The van der Waals surface area contributed by atoms with Crippen LogP contribution in [-0.2, 0) is 9.47 Å². The van der Waals surface area contributed by atoms with Gasteiger partial charge in [-0.15, -0.1) is 11.3 Å². The van der Waals surface area contributed by atoms with E-state index in [1.165, 1.54) is 11.0 Å². The number of hydrogen-bond acceptors (Lipinski definition) is 10. The molecule has 0 atom stereocenters. The van der Waals surface area contributed by atoms with Crippen molar-refractivity contribution in [2.45, 2.75) is 26.3 Å². The summed E-state index contributed by atoms with van der Waals surface area (Å²) < 4.78 is 10.8. The van der Waals surface area contributed by atoms with Gasteiger partial charge in [0.05, 0.1) is 32.1 Å². The topological polar surface area (TPSA) is 150 Å². The van der Waals surface area contributed by atoms with Crippen molar-refractivity contribution in [2.75, 3.05) is 66.7 Å². The summed E-state index contributed by atoms with van der Waals surface area (Å²) in [5.74, 6) is -1.25. The van der Waals surface area contributed by atoms with E-state index in [0.29, 0.717) is 13.1 Å². The molecule has 0 aromatic carbocycles. The summed E-state index contributed by atoms with van der Waals surface area (Å²) in [5, 5.41) is 14.9. The highest BCUT2D eigenvalue weighted by molar-refractivity contribution is 7.16. The standard InChI is InChI=1S/C23H35N5O7S/c1-23(2,3)28(22(32)33)9-11-35-13-12-34-10-7-25-20(31)21-26-17-18(30)15(24-6-8-27(4)5)14-16(29)19(17)36-21/h14,24H,6-13H2,1-5H3,(H,25,31)(H,32,33). The summed E-state index contributed by atoms with van der Waals surface area (Å²) in [4.78, 5) is 56.3. The summed E-state index contributed by atoms with van der Waals surface area (Å²) in [5.41, 5.74) is -0.342. The molecule has 1 aliphatic rings. The van der Waals surface area contributed by atoms with Gasteiger partial charge in [0.25, 0.3) is 5.91 Å². The molecule has 0 unspecified atom stereocenters. The number of ether oxygens (including phenoxy) is 2. The third kappa shape index (κ3) is 8.66. The van der Waals surface area contributed by atoms with Crippen LogP contribution < -0.4 is 10.6 Å². The van der Waals surface area contributed by atoms with Crippen LogP contribution in [0.25, 0.3) is 0 Å². The number of carbonyl (C=O) groups is 4. The average molecular weight is 526 g/mol. The molecule has 1 heterocycles. The van der Waals surface area contributed by atoms with E-state index >= 15 is 0 Å². The lowest BCUT2D eigenvalue weighted by molar-refractivity contribution is 0.0280. The SMILES string of the molecule is CN(C)CCNC1=CC(=O)c2sc(C(=O)NCCOCCOCCN(C(=O)O)C(C)(C)C)nc2C1=O. The fourth-order valence-electron chi connectivity index (χ4n) is 3.18. The number of ketones is 2. The van der Waals surface area contributed by atoms with Crippen LogP contribution in [0, 0.1) is 0 Å². The number of carboxylic acid groups (broad SMARTS) is 1. The number of hydrogen-bond donors (Lipinski definition) is 3. The molecule has 3 N–H and O–H groups in total. The minimum Gasteiger partial charge on any atom is -0.465 e. The number of fused-ring (bicyclic) bond motifs is 1. The zero-order chi connectivity index (χ0) is 26.9. The first-order valence-electron chi connectivity index (χ1n) is 11.6. The molecule has 2 amide bonds. The quantitative estimate of drug-likeness (QED) is 0.301. The maximum absolute atomic E-state index is 12.7. The largest absolute Gasteiger partial charge is 0.465 e. The van der Waals surface area contributed by atoms with Crippen LogP contribution in [0.4, 0.5) is 4.79 Å². The van der Waals surface area contributed by atoms with Crippen LogP contribution in [0.1, 0.15) is 50.7 Å². The fourth-order valence-corrected chi connectivity index (χ4v) is 4.07. The number of nitrogens with one attached hydrogen (secondary N) is 2. The van der Waals surface area contributed by atoms with Crippen molar-refractivity contribution in [3.63, 3.8) is 0 Å². The molecule has 13 heteroatoms. The maximum Gasteiger partial charge on any atom is 0.407 e. The van der Waals surface area contributed by atoms with Crippen molar-refractivity contribution < 1.29 is 33.8 Å². The Balaban J connectivity index is 1.69. The van der Waals surface area contributed by atoms with Crippen molar-refractivity contribution in [3.8, 4) is 0 Å².